The smallest absolute Gasteiger partial charge is 0.313 e. The van der Waals surface area contributed by atoms with Gasteiger partial charge in [-0.1, -0.05) is 11.6 Å². The van der Waals surface area contributed by atoms with E-state index in [1.807, 2.05) is 0 Å². The van der Waals surface area contributed by atoms with E-state index in [1.54, 1.807) is 0 Å². The molecule has 0 radical (unpaired) electrons. The molecule has 0 aromatic heterocycles. The van der Waals surface area contributed by atoms with E-state index in [1.165, 1.54) is 31.2 Å². The number of fused-ring (bicyclic) bond motifs is 1. The number of aldehydes is 1. The van der Waals surface area contributed by atoms with Gasteiger partial charge in [0.05, 0.1) is 6.04 Å². The van der Waals surface area contributed by atoms with E-state index in [0.29, 0.717) is 23.4 Å². The predicted octanol–water partition coefficient (Wildman–Crippen LogP) is -0.0455. The number of ketones is 1. The molecule has 13 heteroatoms. The molecule has 1 aromatic rings. The van der Waals surface area contributed by atoms with Crippen molar-refractivity contribution >= 4 is 58.9 Å². The summed E-state index contributed by atoms with van der Waals surface area (Å²) in [6, 6.07) is 2.59. The number of carbonyl (C=O) groups is 7. The molecular formula is C23H26ClN5O7. The summed E-state index contributed by atoms with van der Waals surface area (Å²) in [6.07, 6.45) is 0.677. The van der Waals surface area contributed by atoms with Crippen LogP contribution in [0.15, 0.2) is 24.3 Å². The number of amides is 5. The molecule has 36 heavy (non-hydrogen) atoms. The zero-order valence-corrected chi connectivity index (χ0v) is 20.2. The van der Waals surface area contributed by atoms with Crippen molar-refractivity contribution in [1.29, 1.82) is 0 Å². The lowest BCUT2D eigenvalue weighted by Crippen LogP contribution is -2.64. The highest BCUT2D eigenvalue weighted by Crippen LogP contribution is 2.25. The third kappa shape index (κ3) is 6.45. The summed E-state index contributed by atoms with van der Waals surface area (Å²) in [6.45, 7) is 1.47. The maximum Gasteiger partial charge on any atom is 0.313 e. The summed E-state index contributed by atoms with van der Waals surface area (Å²) in [4.78, 5) is 86.6. The predicted molar refractivity (Wildman–Crippen MR) is 126 cm³/mol. The van der Waals surface area contributed by atoms with Crippen molar-refractivity contribution in [2.45, 2.75) is 57.2 Å². The Bertz CT molecular complexity index is 1080. The molecule has 0 unspecified atom stereocenters. The summed E-state index contributed by atoms with van der Waals surface area (Å²) < 4.78 is 0. The first-order valence-corrected chi connectivity index (χ1v) is 11.7. The lowest BCUT2D eigenvalue weighted by molar-refractivity contribution is -0.176. The molecule has 2 saturated heterocycles. The Kier molecular flexibility index (Phi) is 8.75. The van der Waals surface area contributed by atoms with Gasteiger partial charge in [-0.25, -0.2) is 5.01 Å². The van der Waals surface area contributed by atoms with Gasteiger partial charge in [-0.15, -0.1) is 0 Å². The van der Waals surface area contributed by atoms with Crippen LogP contribution in [0.4, 0.5) is 5.69 Å². The number of benzene rings is 1. The van der Waals surface area contributed by atoms with Gasteiger partial charge in [-0.05, 0) is 50.5 Å². The summed E-state index contributed by atoms with van der Waals surface area (Å²) in [7, 11) is 0. The molecule has 0 spiro atoms. The van der Waals surface area contributed by atoms with E-state index in [0.717, 1.165) is 10.0 Å². The van der Waals surface area contributed by atoms with Crippen molar-refractivity contribution in [3.8, 4) is 0 Å². The number of nitrogens with one attached hydrogen (secondary N) is 3. The molecule has 2 fully saturated rings. The average molecular weight is 520 g/mol. The lowest BCUT2D eigenvalue weighted by Gasteiger charge is -2.43. The third-order valence-electron chi connectivity index (χ3n) is 5.78. The van der Waals surface area contributed by atoms with E-state index in [4.69, 9.17) is 11.6 Å². The lowest BCUT2D eigenvalue weighted by atomic mass is 10.0. The van der Waals surface area contributed by atoms with Gasteiger partial charge in [0.1, 0.15) is 24.2 Å². The topological polar surface area (TPSA) is 162 Å². The average Bonchev–Trinajstić information content (AvgIpc) is 2.96. The van der Waals surface area contributed by atoms with Crippen molar-refractivity contribution in [2.75, 3.05) is 11.9 Å². The number of hydrazine groups is 1. The summed E-state index contributed by atoms with van der Waals surface area (Å²) in [5, 5.41) is 9.78. The van der Waals surface area contributed by atoms with Gasteiger partial charge in [0.2, 0.25) is 11.8 Å². The van der Waals surface area contributed by atoms with E-state index < -0.39 is 47.7 Å². The van der Waals surface area contributed by atoms with Crippen molar-refractivity contribution < 1.29 is 33.6 Å². The molecule has 0 saturated carbocycles. The fraction of sp³-hybridized carbons (Fsp3) is 0.435. The minimum Gasteiger partial charge on any atom is -0.344 e. The second-order valence-electron chi connectivity index (χ2n) is 8.54. The fourth-order valence-corrected chi connectivity index (χ4v) is 4.20. The second-order valence-corrected chi connectivity index (χ2v) is 8.98. The molecule has 2 heterocycles. The Morgan fingerprint density at radius 1 is 1.11 bits per heavy atom. The molecule has 1 aromatic carbocycles. The van der Waals surface area contributed by atoms with Crippen LogP contribution in [0.5, 0.6) is 0 Å². The van der Waals surface area contributed by atoms with Gasteiger partial charge in [0.15, 0.2) is 0 Å². The monoisotopic (exact) mass is 519 g/mol. The third-order valence-corrected chi connectivity index (χ3v) is 6.03. The minimum absolute atomic E-state index is 0.0692. The first-order valence-electron chi connectivity index (χ1n) is 11.4. The number of rotatable bonds is 7. The molecule has 3 atom stereocenters. The maximum atomic E-state index is 13.4. The highest BCUT2D eigenvalue weighted by atomic mass is 35.5. The molecule has 5 amide bonds. The van der Waals surface area contributed by atoms with Crippen LogP contribution in [-0.4, -0.2) is 76.3 Å². The normalized spacial score (nSPS) is 20.5. The summed E-state index contributed by atoms with van der Waals surface area (Å²) in [5.74, 6) is -4.28. The SMILES string of the molecule is CC(=O)C[C@@H](C=O)NC(=O)[C@@H]1CCCN2C(=O)CC[C@H](NC(=O)C(=O)Nc3ccc(Cl)cc3)C(=O)N12. The number of hydrogen-bond acceptors (Lipinski definition) is 7. The second kappa shape index (κ2) is 11.8. The first-order chi connectivity index (χ1) is 17.1. The molecule has 12 nitrogen and oxygen atoms in total. The largest absolute Gasteiger partial charge is 0.344 e. The maximum absolute atomic E-state index is 13.4. The Balaban J connectivity index is 1.74. The van der Waals surface area contributed by atoms with E-state index >= 15 is 0 Å². The van der Waals surface area contributed by atoms with Crippen LogP contribution in [0.3, 0.4) is 0 Å². The van der Waals surface area contributed by atoms with Gasteiger partial charge in [0.25, 0.3) is 5.91 Å². The molecule has 2 aliphatic heterocycles. The molecular weight excluding hydrogens is 494 g/mol. The minimum atomic E-state index is -1.24. The molecule has 0 bridgehead atoms. The Labute approximate surface area is 211 Å². The first kappa shape index (κ1) is 26.8. The standard InChI is InChI=1S/C23H26ClN5O7/c1-13(31)11-16(12-30)26-20(33)18-3-2-10-28-19(32)9-8-17(23(36)29(18)28)27-22(35)21(34)25-15-6-4-14(24)5-7-15/h4-7,12,16-18H,2-3,8-11H2,1H3,(H,25,34)(H,26,33)(H,27,35)/t16-,17-,18-/m0/s1. The highest BCUT2D eigenvalue weighted by Gasteiger charge is 2.45. The quantitative estimate of drug-likeness (QED) is 0.336. The Hall–Kier alpha value is -3.80. The van der Waals surface area contributed by atoms with Gasteiger partial charge in [0, 0.05) is 30.1 Å². The molecule has 3 N–H and O–H groups in total. The fourth-order valence-electron chi connectivity index (χ4n) is 4.07. The Morgan fingerprint density at radius 2 is 1.81 bits per heavy atom. The zero-order chi connectivity index (χ0) is 26.4. The van der Waals surface area contributed by atoms with Crippen LogP contribution in [0.25, 0.3) is 0 Å². The zero-order valence-electron chi connectivity index (χ0n) is 19.5. The van der Waals surface area contributed by atoms with Crippen molar-refractivity contribution in [1.82, 2.24) is 20.7 Å². The Morgan fingerprint density at radius 3 is 2.44 bits per heavy atom. The number of hydrogen-bond donors (Lipinski definition) is 3. The molecule has 2 aliphatic rings. The van der Waals surface area contributed by atoms with Crippen LogP contribution >= 0.6 is 11.6 Å². The highest BCUT2D eigenvalue weighted by molar-refractivity contribution is 6.40. The van der Waals surface area contributed by atoms with Gasteiger partial charge in [-0.2, -0.15) is 0 Å². The van der Waals surface area contributed by atoms with E-state index in [-0.39, 0.29) is 38.0 Å². The van der Waals surface area contributed by atoms with Gasteiger partial charge < -0.3 is 20.7 Å². The molecule has 192 valence electrons. The van der Waals surface area contributed by atoms with Crippen molar-refractivity contribution in [3.63, 3.8) is 0 Å². The van der Waals surface area contributed by atoms with E-state index in [2.05, 4.69) is 16.0 Å². The van der Waals surface area contributed by atoms with Gasteiger partial charge in [-0.3, -0.25) is 33.8 Å². The number of halogens is 1. The van der Waals surface area contributed by atoms with Crippen molar-refractivity contribution in [2.24, 2.45) is 0 Å². The van der Waals surface area contributed by atoms with Crippen LogP contribution in [-0.2, 0) is 33.6 Å². The summed E-state index contributed by atoms with van der Waals surface area (Å²) in [5.41, 5.74) is 0.316. The van der Waals surface area contributed by atoms with Crippen LogP contribution in [0.1, 0.15) is 39.0 Å². The van der Waals surface area contributed by atoms with E-state index in [9.17, 15) is 33.6 Å². The van der Waals surface area contributed by atoms with Crippen LogP contribution < -0.4 is 16.0 Å². The number of anilines is 1. The summed E-state index contributed by atoms with van der Waals surface area (Å²) >= 11 is 5.80. The van der Waals surface area contributed by atoms with Crippen LogP contribution in [0.2, 0.25) is 5.02 Å². The van der Waals surface area contributed by atoms with Crippen molar-refractivity contribution in [3.05, 3.63) is 29.3 Å². The molecule has 3 rings (SSSR count). The van der Waals surface area contributed by atoms with Gasteiger partial charge >= 0.3 is 11.8 Å². The number of carbonyl (C=O) groups excluding carboxylic acids is 7. The van der Waals surface area contributed by atoms with Crippen LogP contribution in [0, 0.1) is 0 Å². The number of Topliss-reactive ketones (excluding diaryl/α,β-unsaturated/α-hetero) is 1. The molecule has 0 aliphatic carbocycles. The number of nitrogens with zero attached hydrogens (tertiary/aromatic N) is 2.